The number of hydrogen-bond acceptors (Lipinski definition) is 7. The van der Waals surface area contributed by atoms with E-state index in [2.05, 4.69) is 26.2 Å². The summed E-state index contributed by atoms with van der Waals surface area (Å²) in [5.41, 5.74) is 8.04. The summed E-state index contributed by atoms with van der Waals surface area (Å²) in [6, 6.07) is 8.44. The van der Waals surface area contributed by atoms with Crippen LogP contribution in [-0.2, 0) is 12.0 Å². The Hall–Kier alpha value is -2.46. The zero-order valence-corrected chi connectivity index (χ0v) is 21.7. The Morgan fingerprint density at radius 3 is 2.43 bits per heavy atom. The van der Waals surface area contributed by atoms with E-state index in [9.17, 15) is 4.79 Å². The molecule has 0 saturated heterocycles. The molecule has 12 heteroatoms. The number of aromatic nitrogens is 5. The SMILES string of the molecule is COc1ncc(-c2nnc3n2CCN([C@H]2CC[C@](CN)(c4cccc(Cl)c4)CC2)C3=O)cn1.Cl.Cl. The minimum atomic E-state index is -0.0954. The minimum absolute atomic E-state index is 0. The number of methoxy groups -OCH3 is 1. The van der Waals surface area contributed by atoms with Gasteiger partial charge in [0.25, 0.3) is 5.91 Å². The summed E-state index contributed by atoms with van der Waals surface area (Å²) < 4.78 is 6.86. The van der Waals surface area contributed by atoms with Gasteiger partial charge in [0.1, 0.15) is 0 Å². The van der Waals surface area contributed by atoms with Gasteiger partial charge in [0, 0.05) is 48.5 Å². The molecule has 0 unspecified atom stereocenters. The fourth-order valence-electron chi connectivity index (χ4n) is 5.11. The predicted octanol–water partition coefficient (Wildman–Crippen LogP) is 3.54. The first-order valence-electron chi connectivity index (χ1n) is 11.1. The van der Waals surface area contributed by atoms with E-state index in [4.69, 9.17) is 22.1 Å². The number of ether oxygens (including phenoxy) is 1. The molecule has 3 aromatic rings. The second-order valence-electron chi connectivity index (χ2n) is 8.68. The van der Waals surface area contributed by atoms with Crippen LogP contribution in [0.5, 0.6) is 6.01 Å². The molecule has 2 N–H and O–H groups in total. The Balaban J connectivity index is 0.00000171. The highest BCUT2D eigenvalue weighted by molar-refractivity contribution is 6.30. The maximum absolute atomic E-state index is 13.3. The van der Waals surface area contributed by atoms with Crippen LogP contribution in [0, 0.1) is 0 Å². The number of halogens is 3. The molecule has 0 atom stereocenters. The van der Waals surface area contributed by atoms with Gasteiger partial charge < -0.3 is 19.9 Å². The molecular weight excluding hydrogens is 513 g/mol. The zero-order chi connectivity index (χ0) is 23.0. The highest BCUT2D eigenvalue weighted by Crippen LogP contribution is 2.41. The average molecular weight is 541 g/mol. The Bertz CT molecular complexity index is 1160. The van der Waals surface area contributed by atoms with Gasteiger partial charge >= 0.3 is 6.01 Å². The molecular formula is C23H28Cl3N7O2. The highest BCUT2D eigenvalue weighted by Gasteiger charge is 2.40. The van der Waals surface area contributed by atoms with Crippen LogP contribution in [0.2, 0.25) is 5.02 Å². The third-order valence-corrected chi connectivity index (χ3v) is 7.25. The minimum Gasteiger partial charge on any atom is -0.467 e. The van der Waals surface area contributed by atoms with Crippen molar-refractivity contribution in [1.82, 2.24) is 29.6 Å². The van der Waals surface area contributed by atoms with Crippen LogP contribution in [-0.4, -0.2) is 61.8 Å². The Labute approximate surface area is 221 Å². The number of rotatable bonds is 5. The molecule has 1 aliphatic carbocycles. The van der Waals surface area contributed by atoms with Crippen molar-refractivity contribution in [3.05, 3.63) is 53.1 Å². The van der Waals surface area contributed by atoms with Gasteiger partial charge in [-0.15, -0.1) is 35.0 Å². The van der Waals surface area contributed by atoms with Crippen molar-refractivity contribution in [1.29, 1.82) is 0 Å². The number of nitrogens with zero attached hydrogens (tertiary/aromatic N) is 6. The summed E-state index contributed by atoms with van der Waals surface area (Å²) in [4.78, 5) is 23.5. The second-order valence-corrected chi connectivity index (χ2v) is 9.12. The van der Waals surface area contributed by atoms with Crippen LogP contribution in [0.3, 0.4) is 0 Å². The van der Waals surface area contributed by atoms with E-state index in [1.54, 1.807) is 12.4 Å². The van der Waals surface area contributed by atoms with E-state index in [-0.39, 0.29) is 48.2 Å². The van der Waals surface area contributed by atoms with E-state index in [1.807, 2.05) is 27.7 Å². The molecule has 1 saturated carbocycles. The second kappa shape index (κ2) is 11.1. The van der Waals surface area contributed by atoms with Crippen molar-refractivity contribution in [2.24, 2.45) is 5.73 Å². The summed E-state index contributed by atoms with van der Waals surface area (Å²) >= 11 is 6.24. The quantitative estimate of drug-likeness (QED) is 0.527. The molecule has 1 aromatic carbocycles. The average Bonchev–Trinajstić information content (AvgIpc) is 3.30. The van der Waals surface area contributed by atoms with Gasteiger partial charge in [-0.05, 0) is 43.4 Å². The van der Waals surface area contributed by atoms with Gasteiger partial charge in [-0.1, -0.05) is 23.7 Å². The highest BCUT2D eigenvalue weighted by atomic mass is 35.5. The molecule has 1 fully saturated rings. The number of carbonyl (C=O) groups excluding carboxylic acids is 1. The smallest absolute Gasteiger partial charge is 0.316 e. The van der Waals surface area contributed by atoms with Crippen LogP contribution in [0.1, 0.15) is 41.9 Å². The molecule has 188 valence electrons. The van der Waals surface area contributed by atoms with Crippen LogP contribution < -0.4 is 10.5 Å². The summed E-state index contributed by atoms with van der Waals surface area (Å²) in [5.74, 6) is 0.868. The third-order valence-electron chi connectivity index (χ3n) is 7.02. The molecule has 1 amide bonds. The van der Waals surface area contributed by atoms with Gasteiger partial charge in [-0.2, -0.15) is 0 Å². The molecule has 0 spiro atoms. The maximum atomic E-state index is 13.3. The summed E-state index contributed by atoms with van der Waals surface area (Å²) in [5, 5.41) is 9.19. The molecule has 35 heavy (non-hydrogen) atoms. The standard InChI is InChI=1S/C23H26ClN7O2.2ClH/c1-33-22-26-12-15(13-27-22)19-28-29-20-21(32)30(9-10-31(19)20)18-5-7-23(14-25,8-6-18)16-3-2-4-17(24)11-16;;/h2-4,11-13,18H,5-10,14,25H2,1H3;2*1H/t18-,23-;;. The summed E-state index contributed by atoms with van der Waals surface area (Å²) in [6.45, 7) is 1.81. The van der Waals surface area contributed by atoms with E-state index in [0.29, 0.717) is 36.8 Å². The van der Waals surface area contributed by atoms with E-state index < -0.39 is 0 Å². The molecule has 2 aliphatic rings. The Morgan fingerprint density at radius 1 is 1.11 bits per heavy atom. The normalized spacial score (nSPS) is 21.5. The molecule has 2 aromatic heterocycles. The van der Waals surface area contributed by atoms with Crippen molar-refractivity contribution in [2.45, 2.75) is 43.7 Å². The van der Waals surface area contributed by atoms with Crippen LogP contribution in [0.15, 0.2) is 36.7 Å². The van der Waals surface area contributed by atoms with Gasteiger partial charge in [-0.25, -0.2) is 9.97 Å². The lowest BCUT2D eigenvalue weighted by molar-refractivity contribution is 0.0523. The Morgan fingerprint density at radius 2 is 1.80 bits per heavy atom. The van der Waals surface area contributed by atoms with E-state index in [0.717, 1.165) is 30.7 Å². The molecule has 0 bridgehead atoms. The molecule has 3 heterocycles. The number of carbonyl (C=O) groups is 1. The number of amides is 1. The number of hydrogen-bond donors (Lipinski definition) is 1. The largest absolute Gasteiger partial charge is 0.467 e. The fraction of sp³-hybridized carbons (Fsp3) is 0.435. The third kappa shape index (κ3) is 4.95. The molecule has 0 radical (unpaired) electrons. The van der Waals surface area contributed by atoms with Gasteiger partial charge in [0.15, 0.2) is 5.82 Å². The molecule has 9 nitrogen and oxygen atoms in total. The lowest BCUT2D eigenvalue weighted by atomic mass is 9.68. The first-order valence-corrected chi connectivity index (χ1v) is 11.5. The van der Waals surface area contributed by atoms with Crippen molar-refractivity contribution in [3.63, 3.8) is 0 Å². The van der Waals surface area contributed by atoms with Gasteiger partial charge in [-0.3, -0.25) is 4.79 Å². The Kier molecular flexibility index (Phi) is 8.58. The number of fused-ring (bicyclic) bond motifs is 1. The predicted molar refractivity (Wildman–Crippen MR) is 138 cm³/mol. The van der Waals surface area contributed by atoms with Crippen LogP contribution in [0.4, 0.5) is 0 Å². The monoisotopic (exact) mass is 539 g/mol. The number of benzene rings is 1. The van der Waals surface area contributed by atoms with Crippen molar-refractivity contribution in [3.8, 4) is 17.4 Å². The van der Waals surface area contributed by atoms with Crippen molar-refractivity contribution < 1.29 is 9.53 Å². The van der Waals surface area contributed by atoms with Crippen molar-refractivity contribution in [2.75, 3.05) is 20.2 Å². The van der Waals surface area contributed by atoms with Gasteiger partial charge in [0.05, 0.1) is 12.7 Å². The van der Waals surface area contributed by atoms with Crippen LogP contribution in [0.25, 0.3) is 11.4 Å². The van der Waals surface area contributed by atoms with Gasteiger partial charge in [0.2, 0.25) is 5.82 Å². The molecule has 5 rings (SSSR count). The lowest BCUT2D eigenvalue weighted by Gasteiger charge is -2.44. The maximum Gasteiger partial charge on any atom is 0.316 e. The first-order chi connectivity index (χ1) is 16.0. The topological polar surface area (TPSA) is 112 Å². The van der Waals surface area contributed by atoms with E-state index >= 15 is 0 Å². The van der Waals surface area contributed by atoms with E-state index in [1.165, 1.54) is 12.7 Å². The van der Waals surface area contributed by atoms with Crippen molar-refractivity contribution >= 4 is 42.3 Å². The summed E-state index contributed by atoms with van der Waals surface area (Å²) in [6.07, 6.45) is 6.87. The first kappa shape index (κ1) is 27.1. The fourth-order valence-corrected chi connectivity index (χ4v) is 5.30. The summed E-state index contributed by atoms with van der Waals surface area (Å²) in [7, 11) is 1.51. The molecule has 1 aliphatic heterocycles. The number of nitrogens with two attached hydrogens (primary N) is 1. The van der Waals surface area contributed by atoms with Crippen LogP contribution >= 0.6 is 36.4 Å². The lowest BCUT2D eigenvalue weighted by Crippen LogP contribution is -2.50. The zero-order valence-electron chi connectivity index (χ0n) is 19.3.